The number of hydrogen-bond acceptors (Lipinski definition) is 4. The van der Waals surface area contributed by atoms with Crippen molar-refractivity contribution in [3.8, 4) is 0 Å². The quantitative estimate of drug-likeness (QED) is 0.902. The Labute approximate surface area is 131 Å². The number of carbonyl (C=O) groups is 2. The second-order valence-electron chi connectivity index (χ2n) is 5.89. The Bertz CT molecular complexity index is 537. The molecule has 1 fully saturated rings. The van der Waals surface area contributed by atoms with Crippen LogP contribution < -0.4 is 10.2 Å². The first kappa shape index (κ1) is 16.3. The molecular weight excluding hydrogens is 280 g/mol. The van der Waals surface area contributed by atoms with Crippen LogP contribution in [0, 0.1) is 5.92 Å². The fourth-order valence-electron chi connectivity index (χ4n) is 2.39. The monoisotopic (exact) mass is 304 g/mol. The molecule has 0 unspecified atom stereocenters. The van der Waals surface area contributed by atoms with Gasteiger partial charge in [-0.1, -0.05) is 13.8 Å². The van der Waals surface area contributed by atoms with Crippen LogP contribution >= 0.6 is 0 Å². The SMILES string of the molecule is CC(=O)N1CCN(c2cc(CNC(=O)C(C)C)ccn2)CC1. The summed E-state index contributed by atoms with van der Waals surface area (Å²) in [5.41, 5.74) is 1.04. The molecule has 0 saturated carbocycles. The van der Waals surface area contributed by atoms with Crippen LogP contribution in [0.3, 0.4) is 0 Å². The predicted molar refractivity (Wildman–Crippen MR) is 85.4 cm³/mol. The minimum Gasteiger partial charge on any atom is -0.353 e. The summed E-state index contributed by atoms with van der Waals surface area (Å²) < 4.78 is 0. The standard InChI is InChI=1S/C16H24N4O2/c1-12(2)16(22)18-11-14-4-5-17-15(10-14)20-8-6-19(7-9-20)13(3)21/h4-5,10,12H,6-9,11H2,1-3H3,(H,18,22). The average molecular weight is 304 g/mol. The predicted octanol–water partition coefficient (Wildman–Crippen LogP) is 1.02. The Morgan fingerprint density at radius 1 is 1.27 bits per heavy atom. The Morgan fingerprint density at radius 3 is 2.55 bits per heavy atom. The van der Waals surface area contributed by atoms with Crippen molar-refractivity contribution in [1.82, 2.24) is 15.2 Å². The van der Waals surface area contributed by atoms with Crippen molar-refractivity contribution in [3.05, 3.63) is 23.9 Å². The zero-order valence-corrected chi connectivity index (χ0v) is 13.5. The van der Waals surface area contributed by atoms with E-state index >= 15 is 0 Å². The zero-order chi connectivity index (χ0) is 16.1. The Kier molecular flexibility index (Phi) is 5.35. The van der Waals surface area contributed by atoms with Crippen LogP contribution in [-0.4, -0.2) is 47.9 Å². The van der Waals surface area contributed by atoms with Gasteiger partial charge in [0.05, 0.1) is 0 Å². The van der Waals surface area contributed by atoms with Crippen molar-refractivity contribution in [3.63, 3.8) is 0 Å². The van der Waals surface area contributed by atoms with E-state index in [0.717, 1.165) is 37.6 Å². The highest BCUT2D eigenvalue weighted by Crippen LogP contribution is 2.15. The third-order valence-corrected chi connectivity index (χ3v) is 3.85. The summed E-state index contributed by atoms with van der Waals surface area (Å²) in [7, 11) is 0. The molecule has 0 spiro atoms. The first-order valence-corrected chi connectivity index (χ1v) is 7.70. The summed E-state index contributed by atoms with van der Waals surface area (Å²) in [5, 5.41) is 2.91. The molecule has 2 heterocycles. The van der Waals surface area contributed by atoms with Gasteiger partial charge in [-0.25, -0.2) is 4.98 Å². The van der Waals surface area contributed by atoms with Crippen molar-refractivity contribution in [1.29, 1.82) is 0 Å². The van der Waals surface area contributed by atoms with E-state index in [-0.39, 0.29) is 17.7 Å². The summed E-state index contributed by atoms with van der Waals surface area (Å²) >= 11 is 0. The molecule has 0 atom stereocenters. The number of hydrogen-bond donors (Lipinski definition) is 1. The number of carbonyl (C=O) groups excluding carboxylic acids is 2. The van der Waals surface area contributed by atoms with Crippen LogP contribution in [0.5, 0.6) is 0 Å². The van der Waals surface area contributed by atoms with E-state index in [4.69, 9.17) is 0 Å². The Balaban J connectivity index is 1.94. The molecule has 120 valence electrons. The van der Waals surface area contributed by atoms with Crippen LogP contribution in [0.2, 0.25) is 0 Å². The largest absolute Gasteiger partial charge is 0.353 e. The maximum atomic E-state index is 11.6. The lowest BCUT2D eigenvalue weighted by atomic mass is 10.2. The first-order valence-electron chi connectivity index (χ1n) is 7.70. The molecule has 0 aliphatic carbocycles. The van der Waals surface area contributed by atoms with Gasteiger partial charge in [0.2, 0.25) is 11.8 Å². The molecule has 1 N–H and O–H groups in total. The van der Waals surface area contributed by atoms with Gasteiger partial charge in [-0.3, -0.25) is 9.59 Å². The van der Waals surface area contributed by atoms with Crippen molar-refractivity contribution >= 4 is 17.6 Å². The van der Waals surface area contributed by atoms with E-state index in [9.17, 15) is 9.59 Å². The van der Waals surface area contributed by atoms with Crippen LogP contribution in [0.1, 0.15) is 26.3 Å². The van der Waals surface area contributed by atoms with E-state index in [1.54, 1.807) is 13.1 Å². The lowest BCUT2D eigenvalue weighted by molar-refractivity contribution is -0.129. The molecule has 1 aromatic rings. The van der Waals surface area contributed by atoms with E-state index in [1.807, 2.05) is 30.9 Å². The van der Waals surface area contributed by atoms with E-state index in [1.165, 1.54) is 0 Å². The summed E-state index contributed by atoms with van der Waals surface area (Å²) in [6.45, 7) is 8.90. The molecule has 1 aliphatic rings. The second-order valence-corrected chi connectivity index (χ2v) is 5.89. The van der Waals surface area contributed by atoms with Crippen molar-refractivity contribution in [2.75, 3.05) is 31.1 Å². The van der Waals surface area contributed by atoms with Gasteiger partial charge in [0.15, 0.2) is 0 Å². The fraction of sp³-hybridized carbons (Fsp3) is 0.562. The van der Waals surface area contributed by atoms with Crippen molar-refractivity contribution in [2.24, 2.45) is 5.92 Å². The molecular formula is C16H24N4O2. The van der Waals surface area contributed by atoms with E-state index < -0.39 is 0 Å². The van der Waals surface area contributed by atoms with Gasteiger partial charge in [0.1, 0.15) is 5.82 Å². The maximum Gasteiger partial charge on any atom is 0.222 e. The summed E-state index contributed by atoms with van der Waals surface area (Å²) in [6, 6.07) is 3.92. The lowest BCUT2D eigenvalue weighted by Gasteiger charge is -2.35. The topological polar surface area (TPSA) is 65.5 Å². The van der Waals surface area contributed by atoms with Crippen molar-refractivity contribution < 1.29 is 9.59 Å². The summed E-state index contributed by atoms with van der Waals surface area (Å²) in [4.78, 5) is 31.4. The summed E-state index contributed by atoms with van der Waals surface area (Å²) in [5.74, 6) is 1.06. The first-order chi connectivity index (χ1) is 10.5. The van der Waals surface area contributed by atoms with Gasteiger partial charge < -0.3 is 15.1 Å². The van der Waals surface area contributed by atoms with Gasteiger partial charge in [0.25, 0.3) is 0 Å². The number of nitrogens with one attached hydrogen (secondary N) is 1. The van der Waals surface area contributed by atoms with Crippen LogP contribution in [-0.2, 0) is 16.1 Å². The zero-order valence-electron chi connectivity index (χ0n) is 13.5. The van der Waals surface area contributed by atoms with Gasteiger partial charge in [-0.2, -0.15) is 0 Å². The third kappa shape index (κ3) is 4.19. The molecule has 1 aliphatic heterocycles. The molecule has 2 rings (SSSR count). The molecule has 0 aromatic carbocycles. The maximum absolute atomic E-state index is 11.6. The number of nitrogens with zero attached hydrogens (tertiary/aromatic N) is 3. The molecule has 6 nitrogen and oxygen atoms in total. The highest BCUT2D eigenvalue weighted by molar-refractivity contribution is 5.77. The number of aromatic nitrogens is 1. The second kappa shape index (κ2) is 7.24. The molecule has 0 bridgehead atoms. The number of anilines is 1. The summed E-state index contributed by atoms with van der Waals surface area (Å²) in [6.07, 6.45) is 1.77. The third-order valence-electron chi connectivity index (χ3n) is 3.85. The highest BCUT2D eigenvalue weighted by atomic mass is 16.2. The molecule has 1 aromatic heterocycles. The van der Waals surface area contributed by atoms with E-state index in [0.29, 0.717) is 6.54 Å². The molecule has 2 amide bonds. The van der Waals surface area contributed by atoms with Gasteiger partial charge >= 0.3 is 0 Å². The Morgan fingerprint density at radius 2 is 1.95 bits per heavy atom. The van der Waals surface area contributed by atoms with Gasteiger partial charge in [0, 0.05) is 51.8 Å². The number of piperazine rings is 1. The van der Waals surface area contributed by atoms with Gasteiger partial charge in [-0.15, -0.1) is 0 Å². The van der Waals surface area contributed by atoms with Crippen LogP contribution in [0.4, 0.5) is 5.82 Å². The molecule has 0 radical (unpaired) electrons. The number of amides is 2. The minimum absolute atomic E-state index is 0.0130. The fourth-order valence-corrected chi connectivity index (χ4v) is 2.39. The normalized spacial score (nSPS) is 15.1. The average Bonchev–Trinajstić information content (AvgIpc) is 2.52. The number of pyridine rings is 1. The molecule has 6 heteroatoms. The van der Waals surface area contributed by atoms with Crippen LogP contribution in [0.25, 0.3) is 0 Å². The molecule has 1 saturated heterocycles. The van der Waals surface area contributed by atoms with Crippen molar-refractivity contribution in [2.45, 2.75) is 27.3 Å². The van der Waals surface area contributed by atoms with Crippen LogP contribution in [0.15, 0.2) is 18.3 Å². The minimum atomic E-state index is -0.0130. The lowest BCUT2D eigenvalue weighted by Crippen LogP contribution is -2.48. The highest BCUT2D eigenvalue weighted by Gasteiger charge is 2.19. The Hall–Kier alpha value is -2.11. The molecule has 22 heavy (non-hydrogen) atoms. The number of rotatable bonds is 4. The van der Waals surface area contributed by atoms with Gasteiger partial charge in [-0.05, 0) is 17.7 Å². The van der Waals surface area contributed by atoms with E-state index in [2.05, 4.69) is 15.2 Å². The smallest absolute Gasteiger partial charge is 0.222 e.